The molecule has 0 amide bonds. The van der Waals surface area contributed by atoms with Crippen molar-refractivity contribution in [3.05, 3.63) is 59.8 Å². The molecule has 1 rings (SSSR count). The lowest BCUT2D eigenvalue weighted by Gasteiger charge is -2.23. The molecular weight excluding hydrogens is 232 g/mol. The summed E-state index contributed by atoms with van der Waals surface area (Å²) in [4.78, 5) is 0. The van der Waals surface area contributed by atoms with Crippen molar-refractivity contribution in [3.8, 4) is 0 Å². The number of aliphatic hydroxyl groups is 1. The zero-order valence-electron chi connectivity index (χ0n) is 13.7. The zero-order valence-corrected chi connectivity index (χ0v) is 13.7. The third kappa shape index (κ3) is 4.36. The van der Waals surface area contributed by atoms with Gasteiger partial charge in [0.2, 0.25) is 0 Å². The average molecular weight is 262 g/mol. The fraction of sp³-hybridized carbons (Fsp3) is 0.444. The van der Waals surface area contributed by atoms with Gasteiger partial charge in [-0.2, -0.15) is 0 Å². The molecule has 19 heavy (non-hydrogen) atoms. The molecule has 0 fully saturated rings. The number of aliphatic hydroxyl groups excluding tert-OH is 1. The van der Waals surface area contributed by atoms with Crippen molar-refractivity contribution >= 4 is 0 Å². The van der Waals surface area contributed by atoms with Gasteiger partial charge in [-0.1, -0.05) is 65.2 Å². The summed E-state index contributed by atoms with van der Waals surface area (Å²) in [5.41, 5.74) is 6.00. The van der Waals surface area contributed by atoms with Gasteiger partial charge in [-0.05, 0) is 36.1 Å². The Balaban J connectivity index is 0. The summed E-state index contributed by atoms with van der Waals surface area (Å²) in [6, 6.07) is 0. The molecule has 0 aromatic carbocycles. The van der Waals surface area contributed by atoms with Crippen molar-refractivity contribution < 1.29 is 5.11 Å². The van der Waals surface area contributed by atoms with Gasteiger partial charge in [-0.15, -0.1) is 0 Å². The SMILES string of the molecule is C=CC1=C(C)C(=C)/C(=C\C(=C)C)C1(C)C.CC.CO. The van der Waals surface area contributed by atoms with Crippen LogP contribution < -0.4 is 0 Å². The van der Waals surface area contributed by atoms with Crippen LogP contribution in [-0.4, -0.2) is 12.2 Å². The Bertz CT molecular complexity index is 403. The van der Waals surface area contributed by atoms with Crippen LogP contribution in [-0.2, 0) is 0 Å². The molecule has 1 heteroatoms. The largest absolute Gasteiger partial charge is 0.400 e. The second kappa shape index (κ2) is 8.71. The highest BCUT2D eigenvalue weighted by Gasteiger charge is 2.35. The molecule has 0 radical (unpaired) electrons. The number of allylic oxidation sites excluding steroid dienone is 7. The van der Waals surface area contributed by atoms with Gasteiger partial charge in [-0.3, -0.25) is 0 Å². The predicted octanol–water partition coefficient (Wildman–Crippen LogP) is 5.22. The first-order valence-corrected chi connectivity index (χ1v) is 6.68. The third-order valence-electron chi connectivity index (χ3n) is 3.12. The smallest absolute Gasteiger partial charge is 0.0319 e. The summed E-state index contributed by atoms with van der Waals surface area (Å²) < 4.78 is 0. The van der Waals surface area contributed by atoms with Crippen LogP contribution in [0, 0.1) is 5.41 Å². The summed E-state index contributed by atoms with van der Waals surface area (Å²) in [6.07, 6.45) is 4.07. The molecule has 1 nitrogen and oxygen atoms in total. The predicted molar refractivity (Wildman–Crippen MR) is 88.2 cm³/mol. The summed E-state index contributed by atoms with van der Waals surface area (Å²) in [7, 11) is 1.00. The van der Waals surface area contributed by atoms with Crippen molar-refractivity contribution in [2.75, 3.05) is 7.11 Å². The summed E-state index contributed by atoms with van der Waals surface area (Å²) in [5, 5.41) is 7.00. The average Bonchev–Trinajstić information content (AvgIpc) is 2.54. The number of rotatable bonds is 2. The Morgan fingerprint density at radius 2 is 1.63 bits per heavy atom. The van der Waals surface area contributed by atoms with Crippen molar-refractivity contribution in [3.63, 3.8) is 0 Å². The Kier molecular flexibility index (Phi) is 9.16. The first-order chi connectivity index (χ1) is 8.82. The molecule has 1 aliphatic carbocycles. The molecule has 0 saturated heterocycles. The lowest BCUT2D eigenvalue weighted by molar-refractivity contribution is 0.399. The minimum Gasteiger partial charge on any atom is -0.400 e. The third-order valence-corrected chi connectivity index (χ3v) is 3.12. The summed E-state index contributed by atoms with van der Waals surface area (Å²) >= 11 is 0. The maximum atomic E-state index is 7.00. The van der Waals surface area contributed by atoms with Crippen LogP contribution in [0.2, 0.25) is 0 Å². The number of hydrogen-bond donors (Lipinski definition) is 1. The maximum Gasteiger partial charge on any atom is 0.0319 e. The highest BCUT2D eigenvalue weighted by Crippen LogP contribution is 2.49. The van der Waals surface area contributed by atoms with Crippen LogP contribution in [0.3, 0.4) is 0 Å². The fourth-order valence-corrected chi connectivity index (χ4v) is 2.28. The van der Waals surface area contributed by atoms with Gasteiger partial charge in [0.05, 0.1) is 0 Å². The first kappa shape index (κ1) is 20.0. The topological polar surface area (TPSA) is 20.2 Å². The van der Waals surface area contributed by atoms with Gasteiger partial charge in [0.1, 0.15) is 0 Å². The van der Waals surface area contributed by atoms with E-state index in [0.29, 0.717) is 0 Å². The molecule has 0 aromatic heterocycles. The second-order valence-corrected chi connectivity index (χ2v) is 4.75. The van der Waals surface area contributed by atoms with Gasteiger partial charge in [0.15, 0.2) is 0 Å². The highest BCUT2D eigenvalue weighted by atomic mass is 16.2. The summed E-state index contributed by atoms with van der Waals surface area (Å²) in [6.45, 7) is 24.5. The molecule has 0 heterocycles. The van der Waals surface area contributed by atoms with Crippen molar-refractivity contribution in [1.82, 2.24) is 0 Å². The maximum absolute atomic E-state index is 7.00. The van der Waals surface area contributed by atoms with Crippen LogP contribution in [0.15, 0.2) is 59.8 Å². The Hall–Kier alpha value is -1.34. The van der Waals surface area contributed by atoms with Crippen LogP contribution in [0.25, 0.3) is 0 Å². The Labute approximate surface area is 119 Å². The molecule has 0 spiro atoms. The van der Waals surface area contributed by atoms with Crippen molar-refractivity contribution in [2.24, 2.45) is 5.41 Å². The Morgan fingerprint density at radius 3 is 1.89 bits per heavy atom. The van der Waals surface area contributed by atoms with Gasteiger partial charge in [-0.25, -0.2) is 0 Å². The lowest BCUT2D eigenvalue weighted by Crippen LogP contribution is -2.12. The van der Waals surface area contributed by atoms with E-state index in [4.69, 9.17) is 5.11 Å². The zero-order chi connectivity index (χ0) is 15.8. The van der Waals surface area contributed by atoms with Crippen LogP contribution in [0.4, 0.5) is 0 Å². The normalized spacial score (nSPS) is 18.3. The standard InChI is InChI=1S/C15H20.C2H6.CH4O/c1-8-13-11(4)12(5)14(9-10(2)3)15(13,6)7;2*1-2/h8-9H,1-2,5H2,3-4,6-7H3;1-2H3;2H,1H3/b14-9+;;. The molecule has 0 aromatic rings. The molecule has 1 N–H and O–H groups in total. The summed E-state index contributed by atoms with van der Waals surface area (Å²) in [5.74, 6) is 0. The lowest BCUT2D eigenvalue weighted by atomic mass is 9.80. The van der Waals surface area contributed by atoms with E-state index in [-0.39, 0.29) is 5.41 Å². The van der Waals surface area contributed by atoms with E-state index in [0.717, 1.165) is 18.3 Å². The molecular formula is C18H30O. The second-order valence-electron chi connectivity index (χ2n) is 4.75. The van der Waals surface area contributed by atoms with E-state index < -0.39 is 0 Å². The van der Waals surface area contributed by atoms with Crippen molar-refractivity contribution in [2.45, 2.75) is 41.5 Å². The minimum absolute atomic E-state index is 0.0157. The molecule has 0 aliphatic heterocycles. The van der Waals surface area contributed by atoms with Gasteiger partial charge in [0.25, 0.3) is 0 Å². The van der Waals surface area contributed by atoms with E-state index in [9.17, 15) is 0 Å². The molecule has 0 unspecified atom stereocenters. The number of hydrogen-bond acceptors (Lipinski definition) is 1. The molecule has 0 bridgehead atoms. The quantitative estimate of drug-likeness (QED) is 0.723. The molecule has 1 aliphatic rings. The van der Waals surface area contributed by atoms with Crippen LogP contribution in [0.5, 0.6) is 0 Å². The molecule has 0 saturated carbocycles. The van der Waals surface area contributed by atoms with Crippen LogP contribution in [0.1, 0.15) is 41.5 Å². The van der Waals surface area contributed by atoms with Gasteiger partial charge in [0, 0.05) is 12.5 Å². The minimum atomic E-state index is 0.0157. The highest BCUT2D eigenvalue weighted by molar-refractivity contribution is 5.63. The van der Waals surface area contributed by atoms with Crippen LogP contribution >= 0.6 is 0 Å². The van der Waals surface area contributed by atoms with Crippen molar-refractivity contribution in [1.29, 1.82) is 0 Å². The van der Waals surface area contributed by atoms with E-state index in [1.807, 2.05) is 26.8 Å². The van der Waals surface area contributed by atoms with Gasteiger partial charge < -0.3 is 5.11 Å². The van der Waals surface area contributed by atoms with Gasteiger partial charge >= 0.3 is 0 Å². The Morgan fingerprint density at radius 1 is 1.21 bits per heavy atom. The van der Waals surface area contributed by atoms with E-state index >= 15 is 0 Å². The van der Waals surface area contributed by atoms with E-state index in [1.165, 1.54) is 16.7 Å². The van der Waals surface area contributed by atoms with E-state index in [1.54, 1.807) is 0 Å². The monoisotopic (exact) mass is 262 g/mol. The molecule has 0 atom stereocenters. The van der Waals surface area contributed by atoms with E-state index in [2.05, 4.69) is 46.6 Å². The first-order valence-electron chi connectivity index (χ1n) is 6.68. The fourth-order valence-electron chi connectivity index (χ4n) is 2.28. The molecule has 108 valence electrons.